The van der Waals surface area contributed by atoms with Crippen molar-refractivity contribution in [1.82, 2.24) is 0 Å². The lowest BCUT2D eigenvalue weighted by atomic mass is 9.82. The summed E-state index contributed by atoms with van der Waals surface area (Å²) in [6.45, 7) is 0. The van der Waals surface area contributed by atoms with Crippen LogP contribution in [0.5, 0.6) is 0 Å². The topological polar surface area (TPSA) is 39.4 Å². The number of hydrogen-bond acceptors (Lipinski definition) is 3. The monoisotopic (exact) mass is 1790 g/mol. The van der Waals surface area contributed by atoms with E-state index in [0.717, 1.165) is 76.9 Å². The molecule has 3 aromatic heterocycles. The van der Waals surface area contributed by atoms with Gasteiger partial charge in [-0.2, -0.15) is 0 Å². The molecule has 3 heterocycles. The molecule has 0 spiro atoms. The molecule has 0 aliphatic rings. The van der Waals surface area contributed by atoms with Crippen LogP contribution in [0.4, 0.5) is 0 Å². The molecule has 0 fully saturated rings. The summed E-state index contributed by atoms with van der Waals surface area (Å²) < 4.78 is 19.9. The fraction of sp³-hybridized carbons (Fsp3) is 0. The average Bonchev–Trinajstić information content (AvgIpc) is 1.71. The van der Waals surface area contributed by atoms with E-state index in [2.05, 4.69) is 504 Å². The number of para-hydroxylation sites is 3. The van der Waals surface area contributed by atoms with Gasteiger partial charge in [-0.05, 0) is 267 Å². The van der Waals surface area contributed by atoms with Crippen molar-refractivity contribution in [3.63, 3.8) is 0 Å². The standard InChI is InChI=1S/3C46H28O/c1-3-16-32-29(12-1)14-9-22-34(32)40-24-11-25-41-42-28-31(26-27-43(42)47-46(40)41)44-36-18-5-7-20-38(36)45(39-21-8-6-19-37(39)44)35-23-10-15-30-13-2-4-17-33(30)35;1-3-17-32-29(13-1)15-11-24-34(32)41-27-31(28-42-35-19-9-10-26-43(35)47-46(41)42)44-37-20-5-7-22-39(37)45(40-23-8-6-21-38(40)44)36-25-12-16-30-14-2-4-18-33(30)36;1-3-17-31-29(13-1)15-11-24-33(31)40-28-44-41(34-19-9-10-26-43(34)47-44)27-42(40)46-38-22-7-5-20-36(38)45(37-21-6-8-23-39(37)46)35-25-12-16-30-14-2-4-18-32(30)35/h3*1-28H. The predicted octanol–water partition coefficient (Wildman–Crippen LogP) is 39.6. The van der Waals surface area contributed by atoms with E-state index in [0.29, 0.717) is 0 Å². The third kappa shape index (κ3) is 13.2. The van der Waals surface area contributed by atoms with Gasteiger partial charge in [-0.25, -0.2) is 0 Å². The van der Waals surface area contributed by atoms with Crippen LogP contribution in [0.25, 0.3) is 295 Å². The van der Waals surface area contributed by atoms with E-state index in [1.165, 1.54) is 218 Å². The highest BCUT2D eigenvalue weighted by atomic mass is 16.3. The SMILES string of the molecule is c1ccc2c(-c3c4ccccc4c(-c4cc(-c5cccc6ccccc56)c5oc6ccccc6c5c4)c4ccccc34)cccc2c1.c1ccc2c(-c3c4ccccc4c(-c4ccc5oc6c(-c7cccc8ccccc78)cccc6c5c4)c4ccccc34)cccc2c1.c1ccc2c(-c3cc4oc5ccccc5c4cc3-c3c4ccccc4c(-c4cccc5ccccc45)c4ccccc34)cccc2c1. The lowest BCUT2D eigenvalue weighted by Gasteiger charge is -2.21. The van der Waals surface area contributed by atoms with Crippen LogP contribution in [0, 0.1) is 0 Å². The van der Waals surface area contributed by atoms with Gasteiger partial charge in [-0.3, -0.25) is 0 Å². The summed E-state index contributed by atoms with van der Waals surface area (Å²) in [7, 11) is 0. The van der Waals surface area contributed by atoms with Gasteiger partial charge in [-0.1, -0.05) is 461 Å². The Morgan fingerprint density at radius 1 is 0.0993 bits per heavy atom. The maximum Gasteiger partial charge on any atom is 0.143 e. The van der Waals surface area contributed by atoms with Gasteiger partial charge < -0.3 is 13.3 Å². The van der Waals surface area contributed by atoms with E-state index in [4.69, 9.17) is 13.3 Å². The lowest BCUT2D eigenvalue weighted by molar-refractivity contribution is 0.669. The Morgan fingerprint density at radius 2 is 0.340 bits per heavy atom. The normalized spacial score (nSPS) is 11.8. The summed E-state index contributed by atoms with van der Waals surface area (Å²) in [6.07, 6.45) is 0. The van der Waals surface area contributed by atoms with E-state index >= 15 is 0 Å². The number of hydrogen-bond donors (Lipinski definition) is 0. The van der Waals surface area contributed by atoms with Crippen molar-refractivity contribution in [3.05, 3.63) is 510 Å². The van der Waals surface area contributed by atoms with E-state index in [-0.39, 0.29) is 0 Å². The van der Waals surface area contributed by atoms with Crippen molar-refractivity contribution < 1.29 is 13.3 Å². The Labute approximate surface area is 812 Å². The minimum Gasteiger partial charge on any atom is -0.456 e. The lowest BCUT2D eigenvalue weighted by Crippen LogP contribution is -1.94. The van der Waals surface area contributed by atoms with Gasteiger partial charge in [0.2, 0.25) is 0 Å². The maximum absolute atomic E-state index is 6.67. The van der Waals surface area contributed by atoms with Crippen LogP contribution < -0.4 is 0 Å². The van der Waals surface area contributed by atoms with Crippen LogP contribution in [0.15, 0.2) is 523 Å². The third-order valence-corrected chi connectivity index (χ3v) is 29.5. The molecule has 0 N–H and O–H groups in total. The molecular weight excluding hydrogens is 1710 g/mol. The van der Waals surface area contributed by atoms with Gasteiger partial charge >= 0.3 is 0 Å². The molecule has 654 valence electrons. The quantitative estimate of drug-likeness (QED) is 0.135. The second kappa shape index (κ2) is 33.2. The zero-order valence-electron chi connectivity index (χ0n) is 76.7. The minimum atomic E-state index is 0.900. The summed E-state index contributed by atoms with van der Waals surface area (Å²) in [4.78, 5) is 0. The van der Waals surface area contributed by atoms with Crippen LogP contribution >= 0.6 is 0 Å². The zero-order valence-corrected chi connectivity index (χ0v) is 76.7. The smallest absolute Gasteiger partial charge is 0.143 e. The van der Waals surface area contributed by atoms with Gasteiger partial charge in [0.05, 0.1) is 0 Å². The van der Waals surface area contributed by atoms with E-state index in [9.17, 15) is 0 Å². The molecule has 0 saturated carbocycles. The van der Waals surface area contributed by atoms with Crippen LogP contribution in [-0.2, 0) is 0 Å². The number of rotatable bonds is 9. The van der Waals surface area contributed by atoms with Crippen LogP contribution in [0.3, 0.4) is 0 Å². The second-order valence-corrected chi connectivity index (χ2v) is 37.2. The largest absolute Gasteiger partial charge is 0.456 e. The Balaban J connectivity index is 0.000000104. The first kappa shape index (κ1) is 80.9. The molecule has 0 amide bonds. The molecule has 3 heteroatoms. The summed E-state index contributed by atoms with van der Waals surface area (Å²) in [5, 5.41) is 36.7. The molecule has 0 atom stereocenters. The highest BCUT2D eigenvalue weighted by Gasteiger charge is 2.28. The molecule has 0 aliphatic heterocycles. The highest BCUT2D eigenvalue weighted by molar-refractivity contribution is 6.30. The summed E-state index contributed by atoms with van der Waals surface area (Å²) in [5.74, 6) is 0. The molecule has 27 aromatic carbocycles. The Morgan fingerprint density at radius 3 is 0.730 bits per heavy atom. The molecular formula is C138H84O3. The molecule has 30 aromatic rings. The van der Waals surface area contributed by atoms with Crippen LogP contribution in [-0.4, -0.2) is 0 Å². The maximum atomic E-state index is 6.67. The van der Waals surface area contributed by atoms with Crippen molar-refractivity contribution in [2.75, 3.05) is 0 Å². The molecule has 0 aliphatic carbocycles. The van der Waals surface area contributed by atoms with Crippen molar-refractivity contribution >= 4 is 195 Å². The van der Waals surface area contributed by atoms with Gasteiger partial charge in [0.15, 0.2) is 0 Å². The van der Waals surface area contributed by atoms with Crippen LogP contribution in [0.1, 0.15) is 0 Å². The first-order valence-electron chi connectivity index (χ1n) is 48.6. The Kier molecular flexibility index (Phi) is 19.0. The van der Waals surface area contributed by atoms with E-state index in [1.807, 2.05) is 6.07 Å². The number of furan rings is 3. The molecule has 3 nitrogen and oxygen atoms in total. The summed E-state index contributed by atoms with van der Waals surface area (Å²) >= 11 is 0. The molecule has 0 radical (unpaired) electrons. The van der Waals surface area contributed by atoms with Crippen molar-refractivity contribution in [2.24, 2.45) is 0 Å². The van der Waals surface area contributed by atoms with Gasteiger partial charge in [0, 0.05) is 43.4 Å². The summed E-state index contributed by atoms with van der Waals surface area (Å²) in [5.41, 5.74) is 27.4. The number of fused-ring (bicyclic) bond motifs is 21. The fourth-order valence-electron chi connectivity index (χ4n) is 23.4. The zero-order chi connectivity index (χ0) is 92.7. The highest BCUT2D eigenvalue weighted by Crippen LogP contribution is 2.55. The van der Waals surface area contributed by atoms with Crippen LogP contribution in [0.2, 0.25) is 0 Å². The predicted molar refractivity (Wildman–Crippen MR) is 600 cm³/mol. The second-order valence-electron chi connectivity index (χ2n) is 37.2. The molecule has 30 rings (SSSR count). The van der Waals surface area contributed by atoms with Crippen molar-refractivity contribution in [3.8, 4) is 100 Å². The van der Waals surface area contributed by atoms with Gasteiger partial charge in [0.1, 0.15) is 33.5 Å². The Bertz CT molecular complexity index is 10200. The first-order chi connectivity index (χ1) is 70.0. The van der Waals surface area contributed by atoms with E-state index < -0.39 is 0 Å². The van der Waals surface area contributed by atoms with Crippen molar-refractivity contribution in [1.29, 1.82) is 0 Å². The minimum absolute atomic E-state index is 0.900. The summed E-state index contributed by atoms with van der Waals surface area (Å²) in [6, 6.07) is 185. The molecule has 0 unspecified atom stereocenters. The fourth-order valence-corrected chi connectivity index (χ4v) is 23.4. The molecule has 0 bridgehead atoms. The third-order valence-electron chi connectivity index (χ3n) is 29.5. The molecule has 141 heavy (non-hydrogen) atoms. The van der Waals surface area contributed by atoms with E-state index in [1.54, 1.807) is 0 Å². The van der Waals surface area contributed by atoms with Gasteiger partial charge in [-0.15, -0.1) is 0 Å². The average molecular weight is 1790 g/mol. The number of benzene rings is 27. The van der Waals surface area contributed by atoms with Crippen molar-refractivity contribution in [2.45, 2.75) is 0 Å². The first-order valence-corrected chi connectivity index (χ1v) is 48.6. The van der Waals surface area contributed by atoms with Gasteiger partial charge in [0.25, 0.3) is 0 Å². The Hall–Kier alpha value is -18.5. The molecule has 0 saturated heterocycles.